The Labute approximate surface area is 180 Å². The van der Waals surface area contributed by atoms with Crippen molar-refractivity contribution in [1.29, 1.82) is 0 Å². The van der Waals surface area contributed by atoms with Crippen LogP contribution in [-0.2, 0) is 21.4 Å². The number of hydrogen-bond acceptors (Lipinski definition) is 5. The molecule has 2 aromatic carbocycles. The van der Waals surface area contributed by atoms with Crippen molar-refractivity contribution in [3.8, 4) is 5.75 Å². The van der Waals surface area contributed by atoms with Gasteiger partial charge in [0.25, 0.3) is 5.91 Å². The maximum absolute atomic E-state index is 13.4. The Balaban J connectivity index is 2.42. The number of amides is 1. The highest BCUT2D eigenvalue weighted by Gasteiger charge is 2.38. The Kier molecular flexibility index (Phi) is 8.90. The fourth-order valence-electron chi connectivity index (χ4n) is 3.02. The highest BCUT2D eigenvalue weighted by atomic mass is 32.2. The van der Waals surface area contributed by atoms with Crippen LogP contribution in [0.25, 0.3) is 0 Å². The van der Waals surface area contributed by atoms with E-state index in [1.165, 1.54) is 54.0 Å². The Hall–Kier alpha value is -2.56. The molecule has 0 aliphatic carbocycles. The topological polar surface area (TPSA) is 95.9 Å². The van der Waals surface area contributed by atoms with Crippen LogP contribution in [0.3, 0.4) is 0 Å². The average molecular weight is 457 g/mol. The van der Waals surface area contributed by atoms with Crippen LogP contribution >= 0.6 is 0 Å². The third kappa shape index (κ3) is 6.46. The number of hydrogen-bond donors (Lipinski definition) is 2. The first-order valence-electron chi connectivity index (χ1n) is 9.69. The van der Waals surface area contributed by atoms with Crippen molar-refractivity contribution in [1.82, 2.24) is 9.79 Å². The Bertz CT molecular complexity index is 951. The number of hydroxylamine groups is 1. The van der Waals surface area contributed by atoms with Gasteiger partial charge in [-0.3, -0.25) is 14.4 Å². The van der Waals surface area contributed by atoms with Crippen LogP contribution in [0.5, 0.6) is 5.75 Å². The summed E-state index contributed by atoms with van der Waals surface area (Å²) in [5, 5.41) is 9.17. The van der Waals surface area contributed by atoms with Gasteiger partial charge in [0.15, 0.2) is 0 Å². The monoisotopic (exact) mass is 456 g/mol. The largest absolute Gasteiger partial charge is 0.493 e. The second-order valence-electron chi connectivity index (χ2n) is 7.20. The van der Waals surface area contributed by atoms with Gasteiger partial charge in [0.05, 0.1) is 18.2 Å². The fourth-order valence-corrected chi connectivity index (χ4v) is 4.73. The summed E-state index contributed by atoms with van der Waals surface area (Å²) < 4.78 is 58.7. The van der Waals surface area contributed by atoms with Gasteiger partial charge in [-0.1, -0.05) is 26.0 Å². The number of benzene rings is 2. The zero-order valence-corrected chi connectivity index (χ0v) is 18.1. The predicted octanol–water partition coefficient (Wildman–Crippen LogP) is 3.29. The number of sulfonamides is 1. The number of halogens is 2. The molecule has 7 nitrogen and oxygen atoms in total. The number of alkyl halides is 1. The molecular formula is C21H26F2N2O5S. The Morgan fingerprint density at radius 3 is 2.26 bits per heavy atom. The van der Waals surface area contributed by atoms with Gasteiger partial charge in [-0.25, -0.2) is 18.3 Å². The van der Waals surface area contributed by atoms with Crippen LogP contribution in [0.1, 0.15) is 25.8 Å². The molecule has 10 heteroatoms. The predicted molar refractivity (Wildman–Crippen MR) is 110 cm³/mol. The van der Waals surface area contributed by atoms with Crippen molar-refractivity contribution in [2.45, 2.75) is 37.8 Å². The summed E-state index contributed by atoms with van der Waals surface area (Å²) in [4.78, 5) is 12.2. The van der Waals surface area contributed by atoms with Crippen LogP contribution in [0.2, 0.25) is 0 Å². The molecule has 1 atom stereocenters. The van der Waals surface area contributed by atoms with E-state index in [0.29, 0.717) is 11.3 Å². The van der Waals surface area contributed by atoms with Crippen LogP contribution < -0.4 is 10.2 Å². The summed E-state index contributed by atoms with van der Waals surface area (Å²) in [6.07, 6.45) is 0.220. The summed E-state index contributed by atoms with van der Waals surface area (Å²) in [7, 11) is -4.20. The molecule has 0 aliphatic heterocycles. The van der Waals surface area contributed by atoms with E-state index in [1.54, 1.807) is 13.8 Å². The highest BCUT2D eigenvalue weighted by molar-refractivity contribution is 7.89. The van der Waals surface area contributed by atoms with Crippen LogP contribution in [0.15, 0.2) is 53.4 Å². The minimum Gasteiger partial charge on any atom is -0.493 e. The van der Waals surface area contributed by atoms with E-state index in [4.69, 9.17) is 9.94 Å². The molecule has 0 radical (unpaired) electrons. The van der Waals surface area contributed by atoms with Crippen LogP contribution in [-0.4, -0.2) is 43.2 Å². The standard InChI is InChI=1S/C21H26F2N2O5S/c1-15(2)20(21(26)24-27)25(14-16-4-6-17(23)7-5-16)31(28,29)19-10-8-18(9-11-19)30-13-3-12-22/h4-11,15,20,27H,3,12-14H2,1-2H3,(H,24,26)/t20-/m1/s1. The molecule has 0 fully saturated rings. The van der Waals surface area contributed by atoms with Gasteiger partial charge >= 0.3 is 0 Å². The van der Waals surface area contributed by atoms with Crippen molar-refractivity contribution in [2.24, 2.45) is 5.92 Å². The molecule has 170 valence electrons. The lowest BCUT2D eigenvalue weighted by Gasteiger charge is -2.32. The Morgan fingerprint density at radius 1 is 1.13 bits per heavy atom. The molecule has 0 bridgehead atoms. The fraction of sp³-hybridized carbons (Fsp3) is 0.381. The van der Waals surface area contributed by atoms with Gasteiger partial charge in [0.2, 0.25) is 10.0 Å². The second kappa shape index (κ2) is 11.2. The van der Waals surface area contributed by atoms with Gasteiger partial charge in [0, 0.05) is 13.0 Å². The lowest BCUT2D eigenvalue weighted by Crippen LogP contribution is -2.51. The van der Waals surface area contributed by atoms with E-state index in [0.717, 1.165) is 4.31 Å². The van der Waals surface area contributed by atoms with E-state index in [9.17, 15) is 22.0 Å². The zero-order valence-electron chi connectivity index (χ0n) is 17.3. The normalized spacial score (nSPS) is 12.7. The van der Waals surface area contributed by atoms with Crippen molar-refractivity contribution in [3.63, 3.8) is 0 Å². The first-order valence-corrected chi connectivity index (χ1v) is 11.1. The molecule has 0 saturated carbocycles. The van der Waals surface area contributed by atoms with Crippen LogP contribution in [0.4, 0.5) is 8.78 Å². The lowest BCUT2D eigenvalue weighted by molar-refractivity contribution is -0.134. The quantitative estimate of drug-likeness (QED) is 0.307. The molecule has 0 unspecified atom stereocenters. The minimum absolute atomic E-state index is 0.0937. The molecule has 0 spiro atoms. The van der Waals surface area contributed by atoms with E-state index in [2.05, 4.69) is 0 Å². The lowest BCUT2D eigenvalue weighted by atomic mass is 10.0. The average Bonchev–Trinajstić information content (AvgIpc) is 2.74. The smallest absolute Gasteiger partial charge is 0.262 e. The van der Waals surface area contributed by atoms with E-state index in [1.807, 2.05) is 0 Å². The molecule has 2 aromatic rings. The molecule has 0 aromatic heterocycles. The second-order valence-corrected chi connectivity index (χ2v) is 9.09. The first kappa shape index (κ1) is 24.7. The van der Waals surface area contributed by atoms with Gasteiger partial charge < -0.3 is 4.74 Å². The van der Waals surface area contributed by atoms with Crippen molar-refractivity contribution in [3.05, 3.63) is 59.9 Å². The number of rotatable bonds is 11. The molecule has 2 rings (SSSR count). The molecule has 31 heavy (non-hydrogen) atoms. The summed E-state index contributed by atoms with van der Waals surface area (Å²) in [6.45, 7) is 2.72. The molecule has 1 amide bonds. The highest BCUT2D eigenvalue weighted by Crippen LogP contribution is 2.26. The van der Waals surface area contributed by atoms with Gasteiger partial charge in [-0.2, -0.15) is 4.31 Å². The number of nitrogens with one attached hydrogen (secondary N) is 1. The Morgan fingerprint density at radius 2 is 1.74 bits per heavy atom. The third-order valence-electron chi connectivity index (χ3n) is 4.55. The van der Waals surface area contributed by atoms with Crippen molar-refractivity contribution < 1.29 is 31.9 Å². The summed E-state index contributed by atoms with van der Waals surface area (Å²) >= 11 is 0. The number of carbonyl (C=O) groups is 1. The van der Waals surface area contributed by atoms with Gasteiger partial charge in [-0.15, -0.1) is 0 Å². The zero-order chi connectivity index (χ0) is 23.0. The summed E-state index contributed by atoms with van der Waals surface area (Å²) in [6, 6.07) is 9.55. The van der Waals surface area contributed by atoms with Crippen LogP contribution in [0, 0.1) is 11.7 Å². The third-order valence-corrected chi connectivity index (χ3v) is 6.39. The number of ether oxygens (including phenoxy) is 1. The molecular weight excluding hydrogens is 430 g/mol. The first-order chi connectivity index (χ1) is 14.7. The molecule has 0 heterocycles. The summed E-state index contributed by atoms with van der Waals surface area (Å²) in [5.74, 6) is -1.46. The maximum atomic E-state index is 13.4. The summed E-state index contributed by atoms with van der Waals surface area (Å²) in [5.41, 5.74) is 1.99. The molecule has 0 aliphatic rings. The molecule has 0 saturated heterocycles. The van der Waals surface area contributed by atoms with E-state index >= 15 is 0 Å². The van der Waals surface area contributed by atoms with Crippen molar-refractivity contribution >= 4 is 15.9 Å². The van der Waals surface area contributed by atoms with E-state index in [-0.39, 0.29) is 24.5 Å². The van der Waals surface area contributed by atoms with E-state index < -0.39 is 40.4 Å². The SMILES string of the molecule is CC(C)[C@H](C(=O)NO)N(Cc1ccc(F)cc1)S(=O)(=O)c1ccc(OCCCF)cc1. The number of nitrogens with zero attached hydrogens (tertiary/aromatic N) is 1. The minimum atomic E-state index is -4.20. The molecule has 2 N–H and O–H groups in total. The number of carbonyl (C=O) groups excluding carboxylic acids is 1. The van der Waals surface area contributed by atoms with Gasteiger partial charge in [-0.05, 0) is 47.9 Å². The van der Waals surface area contributed by atoms with Crippen molar-refractivity contribution in [2.75, 3.05) is 13.3 Å². The maximum Gasteiger partial charge on any atom is 0.262 e. The van der Waals surface area contributed by atoms with Gasteiger partial charge in [0.1, 0.15) is 17.6 Å².